The number of benzene rings is 1. The smallest absolute Gasteiger partial charge is 0.249 e. The zero-order valence-electron chi connectivity index (χ0n) is 12.4. The van der Waals surface area contributed by atoms with E-state index in [4.69, 9.17) is 5.73 Å². The van der Waals surface area contributed by atoms with Crippen LogP contribution in [0.3, 0.4) is 0 Å². The van der Waals surface area contributed by atoms with Crippen LogP contribution < -0.4 is 11.1 Å². The molecule has 1 aromatic carbocycles. The van der Waals surface area contributed by atoms with Gasteiger partial charge in [0.25, 0.3) is 0 Å². The number of rotatable bonds is 6. The minimum atomic E-state index is -0.339. The average molecular weight is 274 g/mol. The highest BCUT2D eigenvalue weighted by Crippen LogP contribution is 2.27. The van der Waals surface area contributed by atoms with E-state index in [1.165, 1.54) is 38.5 Å². The van der Waals surface area contributed by atoms with Gasteiger partial charge in [-0.15, -0.1) is 0 Å². The number of hydrogen-bond acceptors (Lipinski definition) is 2. The Kier molecular flexibility index (Phi) is 5.60. The first kappa shape index (κ1) is 15.0. The third kappa shape index (κ3) is 4.07. The number of amides is 1. The molecule has 0 bridgehead atoms. The molecule has 3 nitrogen and oxygen atoms in total. The Morgan fingerprint density at radius 2 is 1.95 bits per heavy atom. The second kappa shape index (κ2) is 7.44. The Hall–Kier alpha value is -1.35. The normalized spacial score (nSPS) is 22.6. The molecule has 0 radical (unpaired) electrons. The molecule has 1 saturated carbocycles. The van der Waals surface area contributed by atoms with Crippen LogP contribution in [0.1, 0.15) is 61.4 Å². The van der Waals surface area contributed by atoms with Crippen LogP contribution in [0.4, 0.5) is 0 Å². The van der Waals surface area contributed by atoms with Crippen molar-refractivity contribution in [1.29, 1.82) is 0 Å². The van der Waals surface area contributed by atoms with Gasteiger partial charge in [-0.25, -0.2) is 0 Å². The highest BCUT2D eigenvalue weighted by atomic mass is 16.1. The van der Waals surface area contributed by atoms with Gasteiger partial charge in [0, 0.05) is 18.2 Å². The molecule has 0 heterocycles. The van der Waals surface area contributed by atoms with Gasteiger partial charge >= 0.3 is 0 Å². The van der Waals surface area contributed by atoms with Gasteiger partial charge in [-0.3, -0.25) is 4.79 Å². The number of carbonyl (C=O) groups excluding carboxylic acids is 1. The van der Waals surface area contributed by atoms with Crippen LogP contribution in [-0.2, 0) is 6.54 Å². The van der Waals surface area contributed by atoms with Crippen molar-refractivity contribution in [3.05, 3.63) is 35.4 Å². The highest BCUT2D eigenvalue weighted by molar-refractivity contribution is 5.94. The molecule has 110 valence electrons. The molecular weight excluding hydrogens is 248 g/mol. The fourth-order valence-corrected chi connectivity index (χ4v) is 3.23. The van der Waals surface area contributed by atoms with Crippen molar-refractivity contribution in [3.63, 3.8) is 0 Å². The molecule has 0 aliphatic heterocycles. The lowest BCUT2D eigenvalue weighted by Gasteiger charge is -2.29. The number of hydrogen-bond donors (Lipinski definition) is 2. The Bertz CT molecular complexity index is 436. The predicted molar refractivity (Wildman–Crippen MR) is 82.5 cm³/mol. The fraction of sp³-hybridized carbons (Fsp3) is 0.588. The maximum absolute atomic E-state index is 11.4. The molecule has 1 fully saturated rings. The Labute approximate surface area is 121 Å². The van der Waals surface area contributed by atoms with E-state index in [0.717, 1.165) is 18.0 Å². The summed E-state index contributed by atoms with van der Waals surface area (Å²) in [4.78, 5) is 11.4. The Balaban J connectivity index is 1.83. The lowest BCUT2D eigenvalue weighted by molar-refractivity contribution is 0.0999. The SMILES string of the molecule is CCCC1CCC(NCc2ccccc2C(N)=O)CC1. The molecule has 20 heavy (non-hydrogen) atoms. The van der Waals surface area contributed by atoms with Gasteiger partial charge in [0.15, 0.2) is 0 Å². The summed E-state index contributed by atoms with van der Waals surface area (Å²) in [5.74, 6) is 0.588. The molecule has 3 N–H and O–H groups in total. The molecule has 0 spiro atoms. The van der Waals surface area contributed by atoms with Gasteiger partial charge in [0.1, 0.15) is 0 Å². The van der Waals surface area contributed by atoms with E-state index in [1.807, 2.05) is 18.2 Å². The maximum atomic E-state index is 11.4. The summed E-state index contributed by atoms with van der Waals surface area (Å²) < 4.78 is 0. The lowest BCUT2D eigenvalue weighted by atomic mass is 9.83. The number of primary amides is 1. The monoisotopic (exact) mass is 274 g/mol. The summed E-state index contributed by atoms with van der Waals surface area (Å²) in [5, 5.41) is 3.59. The topological polar surface area (TPSA) is 55.1 Å². The van der Waals surface area contributed by atoms with Crippen LogP contribution in [-0.4, -0.2) is 11.9 Å². The van der Waals surface area contributed by atoms with E-state index in [1.54, 1.807) is 6.07 Å². The largest absolute Gasteiger partial charge is 0.366 e. The molecule has 0 aromatic heterocycles. The summed E-state index contributed by atoms with van der Waals surface area (Å²) in [6.45, 7) is 3.01. The predicted octanol–water partition coefficient (Wildman–Crippen LogP) is 3.23. The molecule has 0 atom stereocenters. The second-order valence-electron chi connectivity index (χ2n) is 5.91. The fourth-order valence-electron chi connectivity index (χ4n) is 3.23. The molecule has 1 aliphatic carbocycles. The number of carbonyl (C=O) groups is 1. The van der Waals surface area contributed by atoms with E-state index < -0.39 is 0 Å². The van der Waals surface area contributed by atoms with Crippen molar-refractivity contribution in [2.75, 3.05) is 0 Å². The molecule has 0 unspecified atom stereocenters. The first-order valence-electron chi connectivity index (χ1n) is 7.81. The molecule has 2 rings (SSSR count). The highest BCUT2D eigenvalue weighted by Gasteiger charge is 2.20. The van der Waals surface area contributed by atoms with E-state index in [9.17, 15) is 4.79 Å². The minimum Gasteiger partial charge on any atom is -0.366 e. The second-order valence-corrected chi connectivity index (χ2v) is 5.91. The van der Waals surface area contributed by atoms with E-state index in [-0.39, 0.29) is 5.91 Å². The van der Waals surface area contributed by atoms with Gasteiger partial charge in [-0.05, 0) is 43.2 Å². The van der Waals surface area contributed by atoms with E-state index >= 15 is 0 Å². The van der Waals surface area contributed by atoms with Crippen molar-refractivity contribution >= 4 is 5.91 Å². The molecular formula is C17H26N2O. The van der Waals surface area contributed by atoms with Crippen molar-refractivity contribution in [1.82, 2.24) is 5.32 Å². The zero-order valence-corrected chi connectivity index (χ0v) is 12.4. The van der Waals surface area contributed by atoms with Gasteiger partial charge in [0.2, 0.25) is 5.91 Å². The van der Waals surface area contributed by atoms with Gasteiger partial charge in [-0.1, -0.05) is 38.0 Å². The van der Waals surface area contributed by atoms with Crippen LogP contribution in [0.5, 0.6) is 0 Å². The quantitative estimate of drug-likeness (QED) is 0.836. The van der Waals surface area contributed by atoms with Crippen LogP contribution in [0.2, 0.25) is 0 Å². The molecule has 3 heteroatoms. The standard InChI is InChI=1S/C17H26N2O/c1-2-5-13-8-10-15(11-9-13)19-12-14-6-3-4-7-16(14)17(18)20/h3-4,6-7,13,15,19H,2,5,8-12H2,1H3,(H2,18,20). The van der Waals surface area contributed by atoms with Crippen molar-refractivity contribution in [2.45, 2.75) is 58.0 Å². The van der Waals surface area contributed by atoms with E-state index in [2.05, 4.69) is 12.2 Å². The number of nitrogens with two attached hydrogens (primary N) is 1. The average Bonchev–Trinajstić information content (AvgIpc) is 2.47. The maximum Gasteiger partial charge on any atom is 0.249 e. The van der Waals surface area contributed by atoms with Gasteiger partial charge < -0.3 is 11.1 Å². The van der Waals surface area contributed by atoms with Crippen LogP contribution in [0, 0.1) is 5.92 Å². The van der Waals surface area contributed by atoms with E-state index in [0.29, 0.717) is 11.6 Å². The van der Waals surface area contributed by atoms with Crippen LogP contribution in [0.15, 0.2) is 24.3 Å². The Morgan fingerprint density at radius 3 is 2.60 bits per heavy atom. The first-order valence-corrected chi connectivity index (χ1v) is 7.81. The Morgan fingerprint density at radius 1 is 1.25 bits per heavy atom. The van der Waals surface area contributed by atoms with Crippen LogP contribution >= 0.6 is 0 Å². The summed E-state index contributed by atoms with van der Waals surface area (Å²) >= 11 is 0. The van der Waals surface area contributed by atoms with Crippen molar-refractivity contribution in [3.8, 4) is 0 Å². The summed E-state index contributed by atoms with van der Waals surface area (Å²) in [6.07, 6.45) is 7.85. The van der Waals surface area contributed by atoms with Crippen molar-refractivity contribution in [2.24, 2.45) is 11.7 Å². The molecule has 0 saturated heterocycles. The summed E-state index contributed by atoms with van der Waals surface area (Å²) in [5.41, 5.74) is 7.06. The van der Waals surface area contributed by atoms with Gasteiger partial charge in [-0.2, -0.15) is 0 Å². The summed E-state index contributed by atoms with van der Waals surface area (Å²) in [7, 11) is 0. The van der Waals surface area contributed by atoms with Crippen LogP contribution in [0.25, 0.3) is 0 Å². The van der Waals surface area contributed by atoms with Gasteiger partial charge in [0.05, 0.1) is 0 Å². The zero-order chi connectivity index (χ0) is 14.4. The van der Waals surface area contributed by atoms with Crippen molar-refractivity contribution < 1.29 is 4.79 Å². The molecule has 1 amide bonds. The number of nitrogens with one attached hydrogen (secondary N) is 1. The lowest BCUT2D eigenvalue weighted by Crippen LogP contribution is -2.33. The molecule has 1 aromatic rings. The molecule has 1 aliphatic rings. The first-order chi connectivity index (χ1) is 9.70. The third-order valence-electron chi connectivity index (χ3n) is 4.41. The third-order valence-corrected chi connectivity index (χ3v) is 4.41. The minimum absolute atomic E-state index is 0.339. The summed E-state index contributed by atoms with van der Waals surface area (Å²) in [6, 6.07) is 8.19.